The van der Waals surface area contributed by atoms with Gasteiger partial charge in [-0.05, 0) is 29.7 Å². The van der Waals surface area contributed by atoms with E-state index in [1.165, 1.54) is 11.0 Å². The van der Waals surface area contributed by atoms with Crippen molar-refractivity contribution in [3.63, 3.8) is 0 Å². The van der Waals surface area contributed by atoms with Crippen LogP contribution in [0.25, 0.3) is 0 Å². The Bertz CT molecular complexity index is 611. The molecule has 0 fully saturated rings. The number of carbonyl (C=O) groups excluding carboxylic acids is 1. The maximum atomic E-state index is 12.2. The van der Waals surface area contributed by atoms with E-state index < -0.39 is 0 Å². The number of aromatic hydroxyl groups is 1. The monoisotopic (exact) mass is 285 g/mol. The maximum absolute atomic E-state index is 12.2. The zero-order valence-corrected chi connectivity index (χ0v) is 12.0. The fourth-order valence-electron chi connectivity index (χ4n) is 2.15. The number of rotatable bonds is 5. The quantitative estimate of drug-likeness (QED) is 0.884. The first-order valence-electron chi connectivity index (χ1n) is 6.84. The molecule has 4 heteroatoms. The van der Waals surface area contributed by atoms with Gasteiger partial charge in [0.15, 0.2) is 0 Å². The van der Waals surface area contributed by atoms with Crippen molar-refractivity contribution in [2.45, 2.75) is 6.42 Å². The molecule has 0 unspecified atom stereocenters. The van der Waals surface area contributed by atoms with Crippen LogP contribution in [0.5, 0.6) is 5.75 Å². The first-order valence-corrected chi connectivity index (χ1v) is 6.84. The molecule has 0 aliphatic rings. The van der Waals surface area contributed by atoms with Crippen LogP contribution >= 0.6 is 0 Å². The Morgan fingerprint density at radius 1 is 1.10 bits per heavy atom. The molecule has 0 bridgehead atoms. The first kappa shape index (κ1) is 15.1. The van der Waals surface area contributed by atoms with Gasteiger partial charge in [0.2, 0.25) is 0 Å². The van der Waals surface area contributed by atoms with Crippen LogP contribution in [-0.4, -0.2) is 41.2 Å². The van der Waals surface area contributed by atoms with Crippen LogP contribution < -0.4 is 0 Å². The normalized spacial score (nSPS) is 10.4. The molecule has 2 rings (SSSR count). The van der Waals surface area contributed by atoms with Crippen LogP contribution in [0.2, 0.25) is 0 Å². The number of likely N-dealkylation sites (N-methyl/N-ethyl adjacent to an activating group) is 1. The van der Waals surface area contributed by atoms with Gasteiger partial charge in [-0.3, -0.25) is 4.79 Å². The van der Waals surface area contributed by atoms with Crippen molar-refractivity contribution in [3.8, 4) is 5.75 Å². The van der Waals surface area contributed by atoms with Gasteiger partial charge in [0, 0.05) is 13.6 Å². The van der Waals surface area contributed by atoms with Crippen molar-refractivity contribution < 1.29 is 15.0 Å². The number of hydrogen-bond donors (Lipinski definition) is 2. The van der Waals surface area contributed by atoms with Crippen LogP contribution in [0.1, 0.15) is 21.5 Å². The number of aliphatic hydroxyl groups excluding tert-OH is 1. The summed E-state index contributed by atoms with van der Waals surface area (Å²) in [5.41, 5.74) is 2.37. The lowest BCUT2D eigenvalue weighted by atomic mass is 10.0. The van der Waals surface area contributed by atoms with E-state index in [0.29, 0.717) is 6.42 Å². The molecule has 2 N–H and O–H groups in total. The molecular formula is C17H19NO3. The van der Waals surface area contributed by atoms with Crippen molar-refractivity contribution in [2.24, 2.45) is 0 Å². The van der Waals surface area contributed by atoms with Gasteiger partial charge in [-0.2, -0.15) is 0 Å². The molecular weight excluding hydrogens is 266 g/mol. The predicted octanol–water partition coefficient (Wildman–Crippen LogP) is 2.05. The minimum absolute atomic E-state index is 0.0402. The molecule has 0 heterocycles. The second kappa shape index (κ2) is 6.90. The minimum atomic E-state index is -0.295. The highest BCUT2D eigenvalue weighted by molar-refractivity contribution is 5.96. The number of phenolic OH excluding ortho intramolecular Hbond substituents is 1. The lowest BCUT2D eigenvalue weighted by Crippen LogP contribution is -2.29. The third-order valence-corrected chi connectivity index (χ3v) is 3.32. The summed E-state index contributed by atoms with van der Waals surface area (Å²) in [5, 5.41) is 18.8. The second-order valence-corrected chi connectivity index (χ2v) is 4.96. The number of phenols is 1. The summed E-state index contributed by atoms with van der Waals surface area (Å²) < 4.78 is 0. The molecule has 110 valence electrons. The van der Waals surface area contributed by atoms with E-state index in [1.807, 2.05) is 36.4 Å². The van der Waals surface area contributed by atoms with Gasteiger partial charge in [0.05, 0.1) is 12.2 Å². The minimum Gasteiger partial charge on any atom is -0.507 e. The summed E-state index contributed by atoms with van der Waals surface area (Å²) in [6.07, 6.45) is 0.700. The van der Waals surface area contributed by atoms with Crippen LogP contribution in [0, 0.1) is 0 Å². The molecule has 0 aliphatic heterocycles. The van der Waals surface area contributed by atoms with E-state index in [0.717, 1.165) is 11.1 Å². The van der Waals surface area contributed by atoms with Gasteiger partial charge in [-0.25, -0.2) is 0 Å². The number of carbonyl (C=O) groups is 1. The smallest absolute Gasteiger partial charge is 0.257 e. The standard InChI is InChI=1S/C17H19NO3/c1-18(9-10-19)17(21)15-12-14(7-8-16(15)20)11-13-5-3-2-4-6-13/h2-8,12,19-20H,9-11H2,1H3. The van der Waals surface area contributed by atoms with E-state index in [2.05, 4.69) is 0 Å². The van der Waals surface area contributed by atoms with Crippen molar-refractivity contribution in [1.82, 2.24) is 4.90 Å². The van der Waals surface area contributed by atoms with Gasteiger partial charge < -0.3 is 15.1 Å². The summed E-state index contributed by atoms with van der Waals surface area (Å²) in [6, 6.07) is 15.0. The third kappa shape index (κ3) is 3.83. The largest absolute Gasteiger partial charge is 0.507 e. The predicted molar refractivity (Wildman–Crippen MR) is 81.4 cm³/mol. The van der Waals surface area contributed by atoms with Crippen LogP contribution in [0.3, 0.4) is 0 Å². The van der Waals surface area contributed by atoms with E-state index in [9.17, 15) is 9.90 Å². The van der Waals surface area contributed by atoms with E-state index in [1.54, 1.807) is 13.1 Å². The molecule has 2 aromatic rings. The molecule has 0 saturated carbocycles. The Kier molecular flexibility index (Phi) is 4.95. The Morgan fingerprint density at radius 3 is 2.48 bits per heavy atom. The van der Waals surface area contributed by atoms with Gasteiger partial charge in [-0.15, -0.1) is 0 Å². The Balaban J connectivity index is 2.23. The first-order chi connectivity index (χ1) is 10.1. The molecule has 0 aromatic heterocycles. The number of amides is 1. The SMILES string of the molecule is CN(CCO)C(=O)c1cc(Cc2ccccc2)ccc1O. The Labute approximate surface area is 124 Å². The average Bonchev–Trinajstić information content (AvgIpc) is 2.50. The summed E-state index contributed by atoms with van der Waals surface area (Å²) in [6.45, 7) is 0.133. The van der Waals surface area contributed by atoms with Crippen molar-refractivity contribution >= 4 is 5.91 Å². The molecule has 0 aliphatic carbocycles. The number of hydrogen-bond acceptors (Lipinski definition) is 3. The summed E-state index contributed by atoms with van der Waals surface area (Å²) >= 11 is 0. The molecule has 0 spiro atoms. The summed E-state index contributed by atoms with van der Waals surface area (Å²) in [5.74, 6) is -0.335. The van der Waals surface area contributed by atoms with Crippen LogP contribution in [0.15, 0.2) is 48.5 Å². The highest BCUT2D eigenvalue weighted by Gasteiger charge is 2.16. The molecule has 0 radical (unpaired) electrons. The molecule has 2 aromatic carbocycles. The number of nitrogens with zero attached hydrogens (tertiary/aromatic N) is 1. The zero-order valence-electron chi connectivity index (χ0n) is 12.0. The van der Waals surface area contributed by atoms with Crippen molar-refractivity contribution in [2.75, 3.05) is 20.2 Å². The van der Waals surface area contributed by atoms with Crippen molar-refractivity contribution in [3.05, 3.63) is 65.2 Å². The van der Waals surface area contributed by atoms with Gasteiger partial charge >= 0.3 is 0 Å². The Hall–Kier alpha value is -2.33. The van der Waals surface area contributed by atoms with E-state index >= 15 is 0 Å². The topological polar surface area (TPSA) is 60.8 Å². The third-order valence-electron chi connectivity index (χ3n) is 3.32. The molecule has 21 heavy (non-hydrogen) atoms. The lowest BCUT2D eigenvalue weighted by Gasteiger charge is -2.17. The molecule has 0 atom stereocenters. The fourth-order valence-corrected chi connectivity index (χ4v) is 2.15. The Morgan fingerprint density at radius 2 is 1.81 bits per heavy atom. The molecule has 0 saturated heterocycles. The fraction of sp³-hybridized carbons (Fsp3) is 0.235. The highest BCUT2D eigenvalue weighted by atomic mass is 16.3. The van der Waals surface area contributed by atoms with E-state index in [4.69, 9.17) is 5.11 Å². The molecule has 1 amide bonds. The van der Waals surface area contributed by atoms with Gasteiger partial charge in [0.1, 0.15) is 5.75 Å². The van der Waals surface area contributed by atoms with Crippen LogP contribution in [-0.2, 0) is 6.42 Å². The average molecular weight is 285 g/mol. The van der Waals surface area contributed by atoms with Gasteiger partial charge in [0.25, 0.3) is 5.91 Å². The number of aliphatic hydroxyl groups is 1. The van der Waals surface area contributed by atoms with Crippen molar-refractivity contribution in [1.29, 1.82) is 0 Å². The second-order valence-electron chi connectivity index (χ2n) is 4.96. The van der Waals surface area contributed by atoms with Gasteiger partial charge in [-0.1, -0.05) is 36.4 Å². The van der Waals surface area contributed by atoms with E-state index in [-0.39, 0.29) is 30.4 Å². The summed E-state index contributed by atoms with van der Waals surface area (Å²) in [4.78, 5) is 13.6. The summed E-state index contributed by atoms with van der Waals surface area (Å²) in [7, 11) is 1.60. The lowest BCUT2D eigenvalue weighted by molar-refractivity contribution is 0.0764. The molecule has 4 nitrogen and oxygen atoms in total. The number of benzene rings is 2. The maximum Gasteiger partial charge on any atom is 0.257 e. The zero-order chi connectivity index (χ0) is 15.2. The van der Waals surface area contributed by atoms with Crippen LogP contribution in [0.4, 0.5) is 0 Å². The highest BCUT2D eigenvalue weighted by Crippen LogP contribution is 2.21.